The number of para-hydroxylation sites is 1. The summed E-state index contributed by atoms with van der Waals surface area (Å²) in [6.45, 7) is 26.8. The molecule has 31 heavy (non-hydrogen) atoms. The fourth-order valence-corrected chi connectivity index (χ4v) is 5.13. The summed E-state index contributed by atoms with van der Waals surface area (Å²) < 4.78 is 19.0. The van der Waals surface area contributed by atoms with Gasteiger partial charge in [0.1, 0.15) is 5.75 Å². The molecular weight excluding hydrogens is 420 g/mol. The average Bonchev–Trinajstić information content (AvgIpc) is 2.59. The monoisotopic (exact) mass is 466 g/mol. The molecule has 0 heterocycles. The molecule has 0 aliphatic heterocycles. The first kappa shape index (κ1) is 28.1. The Kier molecular flexibility index (Phi) is 8.96. The third kappa shape index (κ3) is 7.55. The van der Waals surface area contributed by atoms with Gasteiger partial charge in [0.25, 0.3) is 0 Å². The lowest BCUT2D eigenvalue weighted by Crippen LogP contribution is -2.51. The second-order valence-corrected chi connectivity index (χ2v) is 21.8. The molecule has 1 rings (SSSR count). The first-order valence-corrected chi connectivity index (χ1v) is 17.2. The van der Waals surface area contributed by atoms with Gasteiger partial charge in [-0.3, -0.25) is 4.79 Å². The number of carbonyl (C=O) groups excluding carboxylic acids is 1. The van der Waals surface area contributed by atoms with E-state index in [2.05, 4.69) is 67.7 Å². The molecule has 1 atom stereocenters. The average molecular weight is 467 g/mol. The zero-order chi connectivity index (χ0) is 24.3. The van der Waals surface area contributed by atoms with Crippen molar-refractivity contribution in [1.29, 1.82) is 0 Å². The quantitative estimate of drug-likeness (QED) is 0.216. The highest BCUT2D eigenvalue weighted by Crippen LogP contribution is 2.41. The van der Waals surface area contributed by atoms with Crippen LogP contribution >= 0.6 is 0 Å². The molecule has 0 saturated heterocycles. The Balaban J connectivity index is 3.09. The zero-order valence-corrected chi connectivity index (χ0v) is 24.0. The lowest BCUT2D eigenvalue weighted by atomic mass is 9.85. The molecule has 0 bridgehead atoms. The predicted molar refractivity (Wildman–Crippen MR) is 136 cm³/mol. The van der Waals surface area contributed by atoms with Crippen LogP contribution in [0.4, 0.5) is 0 Å². The Morgan fingerprint density at radius 1 is 0.839 bits per heavy atom. The molecule has 0 saturated carbocycles. The first-order valence-electron chi connectivity index (χ1n) is 11.4. The van der Waals surface area contributed by atoms with Gasteiger partial charge in [0.05, 0.1) is 11.5 Å². The molecule has 0 fully saturated rings. The molecule has 6 heteroatoms. The molecule has 0 spiro atoms. The van der Waals surface area contributed by atoms with E-state index >= 15 is 0 Å². The van der Waals surface area contributed by atoms with Gasteiger partial charge in [0, 0.05) is 6.61 Å². The number of rotatable bonds is 9. The molecule has 0 N–H and O–H groups in total. The second kappa shape index (κ2) is 9.90. The van der Waals surface area contributed by atoms with Crippen molar-refractivity contribution in [3.63, 3.8) is 0 Å². The highest BCUT2D eigenvalue weighted by molar-refractivity contribution is 6.74. The molecule has 0 radical (unpaired) electrons. The Morgan fingerprint density at radius 2 is 1.32 bits per heavy atom. The molecule has 0 aromatic heterocycles. The highest BCUT2D eigenvalue weighted by Gasteiger charge is 2.46. The maximum Gasteiger partial charge on any atom is 0.319 e. The van der Waals surface area contributed by atoms with E-state index in [1.165, 1.54) is 0 Å². The highest BCUT2D eigenvalue weighted by atomic mass is 28.4. The Hall–Kier alpha value is -0.956. The maximum atomic E-state index is 13.2. The molecule has 0 aliphatic rings. The van der Waals surface area contributed by atoms with Crippen molar-refractivity contribution in [2.24, 2.45) is 5.41 Å². The summed E-state index contributed by atoms with van der Waals surface area (Å²) in [6, 6.07) is 9.25. The van der Waals surface area contributed by atoms with E-state index in [-0.39, 0.29) is 22.1 Å². The summed E-state index contributed by atoms with van der Waals surface area (Å²) >= 11 is 0. The van der Waals surface area contributed by atoms with Crippen LogP contribution in [0.2, 0.25) is 36.3 Å². The van der Waals surface area contributed by atoms with Crippen molar-refractivity contribution in [2.45, 2.75) is 104 Å². The molecule has 1 aromatic carbocycles. The van der Waals surface area contributed by atoms with Gasteiger partial charge in [-0.2, -0.15) is 0 Å². The van der Waals surface area contributed by atoms with Gasteiger partial charge in [-0.15, -0.1) is 0 Å². The van der Waals surface area contributed by atoms with Gasteiger partial charge >= 0.3 is 5.97 Å². The van der Waals surface area contributed by atoms with Gasteiger partial charge in [0.2, 0.25) is 0 Å². The van der Waals surface area contributed by atoms with Gasteiger partial charge in [0.15, 0.2) is 16.6 Å². The molecule has 0 amide bonds. The summed E-state index contributed by atoms with van der Waals surface area (Å²) in [5, 5.41) is 0.190. The van der Waals surface area contributed by atoms with Crippen molar-refractivity contribution >= 4 is 22.6 Å². The van der Waals surface area contributed by atoms with Gasteiger partial charge in [-0.1, -0.05) is 59.7 Å². The van der Waals surface area contributed by atoms with E-state index in [9.17, 15) is 4.79 Å². The van der Waals surface area contributed by atoms with Crippen LogP contribution in [0.3, 0.4) is 0 Å². The SMILES string of the molecule is CC(C)(C(=O)Oc1ccccc1)[C@H](CCO[Si](C)(C)C(C)(C)C)O[Si](C)(C)C(C)(C)C. The van der Waals surface area contributed by atoms with Gasteiger partial charge in [-0.25, -0.2) is 0 Å². The summed E-state index contributed by atoms with van der Waals surface area (Å²) in [4.78, 5) is 13.2. The van der Waals surface area contributed by atoms with Crippen LogP contribution in [0.5, 0.6) is 5.75 Å². The predicted octanol–water partition coefficient (Wildman–Crippen LogP) is 7.42. The molecule has 0 unspecified atom stereocenters. The largest absolute Gasteiger partial charge is 0.426 e. The third-order valence-corrected chi connectivity index (χ3v) is 16.2. The molecule has 4 nitrogen and oxygen atoms in total. The first-order chi connectivity index (χ1) is 13.8. The van der Waals surface area contributed by atoms with Crippen LogP contribution in [0.1, 0.15) is 61.8 Å². The molecule has 178 valence electrons. The van der Waals surface area contributed by atoms with E-state index in [1.54, 1.807) is 12.1 Å². The Morgan fingerprint density at radius 3 is 1.77 bits per heavy atom. The van der Waals surface area contributed by atoms with Crippen LogP contribution in [-0.4, -0.2) is 35.3 Å². The number of benzene rings is 1. The fraction of sp³-hybridized carbons (Fsp3) is 0.720. The standard InChI is InChI=1S/C25H46O4Si2/c1-23(2,3)30(9,10)27-19-18-21(29-31(11,12)24(4,5)6)25(7,8)22(26)28-20-16-14-13-15-17-20/h13-17,21H,18-19H2,1-12H3/t21-/m0/s1. The fourth-order valence-electron chi connectivity index (χ4n) is 2.60. The number of carbonyl (C=O) groups is 1. The molecule has 0 aliphatic carbocycles. The Labute approximate surface area is 193 Å². The van der Waals surface area contributed by atoms with E-state index in [4.69, 9.17) is 13.6 Å². The smallest absolute Gasteiger partial charge is 0.319 e. The normalized spacial score (nSPS) is 15.0. The lowest BCUT2D eigenvalue weighted by molar-refractivity contribution is -0.150. The lowest BCUT2D eigenvalue weighted by Gasteiger charge is -2.44. The van der Waals surface area contributed by atoms with Crippen LogP contribution in [0.25, 0.3) is 0 Å². The van der Waals surface area contributed by atoms with E-state index in [0.717, 1.165) is 0 Å². The molecule has 1 aromatic rings. The summed E-state index contributed by atoms with van der Waals surface area (Å²) in [7, 11) is -3.97. The van der Waals surface area contributed by atoms with Crippen molar-refractivity contribution < 1.29 is 18.4 Å². The second-order valence-electron chi connectivity index (χ2n) is 12.2. The summed E-state index contributed by atoms with van der Waals surface area (Å²) in [6.07, 6.45) is 0.380. The minimum absolute atomic E-state index is 0.0466. The van der Waals surface area contributed by atoms with E-state index in [1.807, 2.05) is 32.0 Å². The minimum Gasteiger partial charge on any atom is -0.426 e. The van der Waals surface area contributed by atoms with Crippen molar-refractivity contribution in [2.75, 3.05) is 6.61 Å². The topological polar surface area (TPSA) is 44.8 Å². The van der Waals surface area contributed by atoms with Crippen molar-refractivity contribution in [1.82, 2.24) is 0 Å². The maximum absolute atomic E-state index is 13.2. The number of hydrogen-bond acceptors (Lipinski definition) is 4. The van der Waals surface area contributed by atoms with Crippen molar-refractivity contribution in [3.05, 3.63) is 30.3 Å². The van der Waals surface area contributed by atoms with Crippen LogP contribution in [0, 0.1) is 5.41 Å². The van der Waals surface area contributed by atoms with Crippen LogP contribution in [-0.2, 0) is 13.6 Å². The van der Waals surface area contributed by atoms with Crippen molar-refractivity contribution in [3.8, 4) is 5.75 Å². The molecular formula is C25H46O4Si2. The minimum atomic E-state index is -2.10. The van der Waals surface area contributed by atoms with E-state index < -0.39 is 22.0 Å². The zero-order valence-electron chi connectivity index (χ0n) is 22.0. The van der Waals surface area contributed by atoms with Gasteiger partial charge in [-0.05, 0) is 68.7 Å². The number of ether oxygens (including phenoxy) is 1. The van der Waals surface area contributed by atoms with E-state index in [0.29, 0.717) is 18.8 Å². The van der Waals surface area contributed by atoms with Crippen LogP contribution < -0.4 is 4.74 Å². The third-order valence-electron chi connectivity index (χ3n) is 7.18. The van der Waals surface area contributed by atoms with Crippen LogP contribution in [0.15, 0.2) is 30.3 Å². The summed E-state index contributed by atoms with van der Waals surface area (Å²) in [5.41, 5.74) is -0.803. The van der Waals surface area contributed by atoms with Gasteiger partial charge < -0.3 is 13.6 Å². The Bertz CT molecular complexity index is 713. The number of esters is 1. The number of hydrogen-bond donors (Lipinski definition) is 0. The summed E-state index contributed by atoms with van der Waals surface area (Å²) in [5.74, 6) is 0.291.